The van der Waals surface area contributed by atoms with E-state index in [-0.39, 0.29) is 22.2 Å². The standard InChI is InChI=1S/C27H16BrClF2N2O2/c28-20-10-16(8-15-4-2-1-3-5-15)9-17(26(20)34)14-32-18-6-7-25-24(11-18)33-27(35-25)19-12-22(30)23(31)13-21(19)29/h1-7,9-14,34H,8H2. The molecule has 0 saturated heterocycles. The third kappa shape index (κ3) is 4.97. The number of phenols is 1. The molecular formula is C27H16BrClF2N2O2. The van der Waals surface area contributed by atoms with E-state index in [2.05, 4.69) is 25.9 Å². The Bertz CT molecular complexity index is 1590. The maximum atomic E-state index is 13.7. The van der Waals surface area contributed by atoms with E-state index in [1.165, 1.54) is 0 Å². The van der Waals surface area contributed by atoms with Crippen molar-refractivity contribution in [3.8, 4) is 17.2 Å². The van der Waals surface area contributed by atoms with E-state index in [9.17, 15) is 13.9 Å². The van der Waals surface area contributed by atoms with E-state index in [0.717, 1.165) is 23.3 Å². The molecular weight excluding hydrogens is 538 g/mol. The topological polar surface area (TPSA) is 58.6 Å². The molecule has 0 aliphatic carbocycles. The van der Waals surface area contributed by atoms with Crippen LogP contribution in [0.3, 0.4) is 0 Å². The van der Waals surface area contributed by atoms with Gasteiger partial charge in [-0.2, -0.15) is 0 Å². The normalized spacial score (nSPS) is 11.5. The highest BCUT2D eigenvalue weighted by atomic mass is 79.9. The van der Waals surface area contributed by atoms with Crippen LogP contribution in [-0.4, -0.2) is 16.3 Å². The molecule has 0 radical (unpaired) electrons. The monoisotopic (exact) mass is 552 g/mol. The summed E-state index contributed by atoms with van der Waals surface area (Å²) < 4.78 is 33.3. The molecule has 0 fully saturated rings. The van der Waals surface area contributed by atoms with E-state index in [1.54, 1.807) is 24.4 Å². The number of aliphatic imine (C=N–C) groups is 1. The Kier molecular flexibility index (Phi) is 6.36. The molecule has 0 saturated carbocycles. The van der Waals surface area contributed by atoms with Gasteiger partial charge in [0.1, 0.15) is 11.3 Å². The molecule has 5 rings (SSSR count). The van der Waals surface area contributed by atoms with Gasteiger partial charge in [0.2, 0.25) is 5.89 Å². The van der Waals surface area contributed by atoms with E-state index < -0.39 is 11.6 Å². The van der Waals surface area contributed by atoms with Crippen LogP contribution < -0.4 is 0 Å². The number of fused-ring (bicyclic) bond motifs is 1. The van der Waals surface area contributed by atoms with Crippen molar-refractivity contribution >= 4 is 50.5 Å². The molecule has 0 amide bonds. The molecule has 8 heteroatoms. The van der Waals surface area contributed by atoms with E-state index in [0.29, 0.717) is 33.2 Å². The maximum Gasteiger partial charge on any atom is 0.228 e. The minimum absolute atomic E-state index is 0.00913. The van der Waals surface area contributed by atoms with E-state index in [1.807, 2.05) is 42.5 Å². The van der Waals surface area contributed by atoms with E-state index >= 15 is 0 Å². The molecule has 1 heterocycles. The number of hydrogen-bond acceptors (Lipinski definition) is 4. The van der Waals surface area contributed by atoms with Crippen molar-refractivity contribution in [1.29, 1.82) is 0 Å². The Morgan fingerprint density at radius 3 is 2.54 bits per heavy atom. The Balaban J connectivity index is 1.44. The predicted molar refractivity (Wildman–Crippen MR) is 137 cm³/mol. The minimum atomic E-state index is -1.05. The Morgan fingerprint density at radius 2 is 1.74 bits per heavy atom. The van der Waals surface area contributed by atoms with Gasteiger partial charge in [0, 0.05) is 11.8 Å². The Morgan fingerprint density at radius 1 is 0.971 bits per heavy atom. The highest BCUT2D eigenvalue weighted by Gasteiger charge is 2.16. The molecule has 5 aromatic rings. The summed E-state index contributed by atoms with van der Waals surface area (Å²) in [5.74, 6) is -1.94. The average Bonchev–Trinajstić information content (AvgIpc) is 3.26. The molecule has 1 aromatic heterocycles. The number of phenolic OH excluding ortho intramolecular Hbond substituents is 1. The lowest BCUT2D eigenvalue weighted by Crippen LogP contribution is -1.92. The van der Waals surface area contributed by atoms with Crippen LogP contribution in [0.5, 0.6) is 5.75 Å². The number of benzene rings is 4. The van der Waals surface area contributed by atoms with Gasteiger partial charge < -0.3 is 9.52 Å². The molecule has 0 atom stereocenters. The fourth-order valence-electron chi connectivity index (χ4n) is 3.65. The van der Waals surface area contributed by atoms with Crippen LogP contribution >= 0.6 is 27.5 Å². The van der Waals surface area contributed by atoms with Gasteiger partial charge in [0.25, 0.3) is 0 Å². The van der Waals surface area contributed by atoms with Gasteiger partial charge in [0.15, 0.2) is 17.2 Å². The van der Waals surface area contributed by atoms with Gasteiger partial charge in [-0.15, -0.1) is 0 Å². The summed E-state index contributed by atoms with van der Waals surface area (Å²) in [5, 5.41) is 10.5. The second-order valence-electron chi connectivity index (χ2n) is 7.85. The summed E-state index contributed by atoms with van der Waals surface area (Å²) in [6.45, 7) is 0. The summed E-state index contributed by atoms with van der Waals surface area (Å²) in [5.41, 5.74) is 4.35. The van der Waals surface area contributed by atoms with Crippen molar-refractivity contribution in [2.75, 3.05) is 0 Å². The first-order valence-corrected chi connectivity index (χ1v) is 11.7. The zero-order chi connectivity index (χ0) is 24.5. The molecule has 0 spiro atoms. The second kappa shape index (κ2) is 9.60. The summed E-state index contributed by atoms with van der Waals surface area (Å²) >= 11 is 9.46. The number of nitrogens with zero attached hydrogens (tertiary/aromatic N) is 2. The van der Waals surface area contributed by atoms with Gasteiger partial charge in [-0.3, -0.25) is 4.99 Å². The summed E-state index contributed by atoms with van der Waals surface area (Å²) in [6, 6.07) is 20.7. The molecule has 35 heavy (non-hydrogen) atoms. The molecule has 1 N–H and O–H groups in total. The lowest BCUT2D eigenvalue weighted by atomic mass is 10.0. The first kappa shape index (κ1) is 23.2. The van der Waals surface area contributed by atoms with Crippen molar-refractivity contribution in [2.24, 2.45) is 4.99 Å². The first-order chi connectivity index (χ1) is 16.9. The lowest BCUT2D eigenvalue weighted by molar-refractivity contribution is 0.471. The van der Waals surface area contributed by atoms with Gasteiger partial charge in [-0.25, -0.2) is 13.8 Å². The van der Waals surface area contributed by atoms with Gasteiger partial charge in [0.05, 0.1) is 20.7 Å². The van der Waals surface area contributed by atoms with Crippen LogP contribution in [-0.2, 0) is 6.42 Å². The van der Waals surface area contributed by atoms with Gasteiger partial charge >= 0.3 is 0 Å². The largest absolute Gasteiger partial charge is 0.506 e. The van der Waals surface area contributed by atoms with Crippen LogP contribution in [0.15, 0.2) is 86.7 Å². The van der Waals surface area contributed by atoms with E-state index in [4.69, 9.17) is 16.0 Å². The molecule has 0 unspecified atom stereocenters. The number of halogens is 4. The SMILES string of the molecule is Oc1c(Br)cc(Cc2ccccc2)cc1C=Nc1ccc2oc(-c3cc(F)c(F)cc3Cl)nc2c1. The van der Waals surface area contributed by atoms with Crippen molar-refractivity contribution in [3.63, 3.8) is 0 Å². The van der Waals surface area contributed by atoms with Crippen LogP contribution in [0.2, 0.25) is 5.02 Å². The summed E-state index contributed by atoms with van der Waals surface area (Å²) in [4.78, 5) is 8.83. The summed E-state index contributed by atoms with van der Waals surface area (Å²) in [6.07, 6.45) is 2.28. The third-order valence-corrected chi connectivity index (χ3v) is 6.29. The van der Waals surface area contributed by atoms with Crippen LogP contribution in [0.25, 0.3) is 22.6 Å². The number of hydrogen-bond donors (Lipinski definition) is 1. The predicted octanol–water partition coefficient (Wildman–Crippen LogP) is 8.24. The smallest absolute Gasteiger partial charge is 0.228 e. The average molecular weight is 554 g/mol. The second-order valence-corrected chi connectivity index (χ2v) is 9.11. The summed E-state index contributed by atoms with van der Waals surface area (Å²) in [7, 11) is 0. The maximum absolute atomic E-state index is 13.7. The molecule has 174 valence electrons. The number of rotatable bonds is 5. The zero-order valence-corrected chi connectivity index (χ0v) is 20.3. The fourth-order valence-corrected chi connectivity index (χ4v) is 4.41. The molecule has 4 aromatic carbocycles. The quantitative estimate of drug-likeness (QED) is 0.176. The highest BCUT2D eigenvalue weighted by Crippen LogP contribution is 2.33. The molecule has 4 nitrogen and oxygen atoms in total. The van der Waals surface area contributed by atoms with Gasteiger partial charge in [-0.05, 0) is 75.9 Å². The molecule has 0 aliphatic rings. The van der Waals surface area contributed by atoms with Crippen molar-refractivity contribution in [3.05, 3.63) is 111 Å². The Hall–Kier alpha value is -3.55. The van der Waals surface area contributed by atoms with Crippen LogP contribution in [0, 0.1) is 11.6 Å². The molecule has 0 aliphatic heterocycles. The van der Waals surface area contributed by atoms with Crippen molar-refractivity contribution in [2.45, 2.75) is 6.42 Å². The van der Waals surface area contributed by atoms with Crippen LogP contribution in [0.4, 0.5) is 14.5 Å². The zero-order valence-electron chi connectivity index (χ0n) is 18.0. The van der Waals surface area contributed by atoms with Gasteiger partial charge in [-0.1, -0.05) is 41.9 Å². The Labute approximate surface area is 212 Å². The number of aromatic nitrogens is 1. The first-order valence-electron chi connectivity index (χ1n) is 10.5. The van der Waals surface area contributed by atoms with Crippen LogP contribution in [0.1, 0.15) is 16.7 Å². The molecule has 0 bridgehead atoms. The fraction of sp³-hybridized carbons (Fsp3) is 0.0370. The lowest BCUT2D eigenvalue weighted by Gasteiger charge is -2.07. The number of aromatic hydroxyl groups is 1. The van der Waals surface area contributed by atoms with Crippen molar-refractivity contribution < 1.29 is 18.3 Å². The minimum Gasteiger partial charge on any atom is -0.506 e. The highest BCUT2D eigenvalue weighted by molar-refractivity contribution is 9.10. The third-order valence-electron chi connectivity index (χ3n) is 5.37. The van der Waals surface area contributed by atoms with Crippen molar-refractivity contribution in [1.82, 2.24) is 4.98 Å². The number of oxazole rings is 1.